The highest BCUT2D eigenvalue weighted by Crippen LogP contribution is 2.31. The van der Waals surface area contributed by atoms with E-state index in [1.165, 1.54) is 0 Å². The lowest BCUT2D eigenvalue weighted by atomic mass is 10.4. The van der Waals surface area contributed by atoms with Crippen molar-refractivity contribution < 1.29 is 4.21 Å². The van der Waals surface area contributed by atoms with Crippen LogP contribution in [0.25, 0.3) is 0 Å². The van der Waals surface area contributed by atoms with E-state index in [1.54, 1.807) is 11.8 Å². The molecule has 0 bridgehead atoms. The van der Waals surface area contributed by atoms with Gasteiger partial charge in [0.15, 0.2) is 0 Å². The topological polar surface area (TPSA) is 17.1 Å². The van der Waals surface area contributed by atoms with Crippen molar-refractivity contribution in [2.45, 2.75) is 22.8 Å². The maximum Gasteiger partial charge on any atom is 0.476 e. The van der Waals surface area contributed by atoms with E-state index in [1.807, 2.05) is 44.2 Å². The second-order valence-corrected chi connectivity index (χ2v) is 6.04. The largest absolute Gasteiger partial charge is 0.476 e. The Balaban J connectivity index is 2.70. The maximum atomic E-state index is 10.7. The molecule has 0 aliphatic rings. The van der Waals surface area contributed by atoms with Gasteiger partial charge in [0.05, 0.1) is 0 Å². The average molecular weight is 199 g/mol. The fourth-order valence-corrected chi connectivity index (χ4v) is 2.07. The minimum absolute atomic E-state index is 0.276. The van der Waals surface area contributed by atoms with Crippen LogP contribution in [0.1, 0.15) is 13.8 Å². The van der Waals surface area contributed by atoms with E-state index in [9.17, 15) is 4.21 Å². The molecule has 0 amide bonds. The highest BCUT2D eigenvalue weighted by atomic mass is 32.2. The summed E-state index contributed by atoms with van der Waals surface area (Å²) in [6.07, 6.45) is 0. The van der Waals surface area contributed by atoms with Crippen molar-refractivity contribution in [2.75, 3.05) is 0 Å². The van der Waals surface area contributed by atoms with Gasteiger partial charge in [-0.1, -0.05) is 30.0 Å². The van der Waals surface area contributed by atoms with Gasteiger partial charge in [-0.15, -0.1) is 0 Å². The van der Waals surface area contributed by atoms with Crippen LogP contribution in [0.15, 0.2) is 35.2 Å². The van der Waals surface area contributed by atoms with Crippen molar-refractivity contribution in [1.29, 1.82) is 0 Å². The van der Waals surface area contributed by atoms with Crippen LogP contribution in [-0.4, -0.2) is 4.08 Å². The van der Waals surface area contributed by atoms with Gasteiger partial charge in [0, 0.05) is 23.0 Å². The predicted octanol–water partition coefficient (Wildman–Crippen LogP) is 2.94. The van der Waals surface area contributed by atoms with Gasteiger partial charge < -0.3 is 0 Å². The standard InChI is InChI=1S/C9H11OS2/c1-9(2,12-10)11-8-6-4-3-5-7-8/h3-7H,1-2H3/q+1. The van der Waals surface area contributed by atoms with Crippen LogP contribution in [0, 0.1) is 0 Å². The molecule has 0 aliphatic heterocycles. The van der Waals surface area contributed by atoms with Gasteiger partial charge in [0.25, 0.3) is 4.08 Å². The Hall–Kier alpha value is -0.410. The summed E-state index contributed by atoms with van der Waals surface area (Å²) in [6.45, 7) is 3.87. The molecule has 1 nitrogen and oxygen atoms in total. The molecule has 1 aromatic carbocycles. The normalized spacial score (nSPS) is 11.2. The lowest BCUT2D eigenvalue weighted by Crippen LogP contribution is -2.10. The lowest BCUT2D eigenvalue weighted by molar-refractivity contribution is 0.599. The third kappa shape index (κ3) is 2.91. The van der Waals surface area contributed by atoms with E-state index in [-0.39, 0.29) is 4.08 Å². The molecule has 0 aromatic heterocycles. The van der Waals surface area contributed by atoms with Crippen LogP contribution in [0.2, 0.25) is 0 Å². The highest BCUT2D eigenvalue weighted by molar-refractivity contribution is 8.08. The Bertz CT molecular complexity index is 256. The molecule has 0 saturated heterocycles. The second kappa shape index (κ2) is 4.01. The first-order chi connectivity index (χ1) is 5.64. The molecule has 0 N–H and O–H groups in total. The molecule has 0 aliphatic carbocycles. The summed E-state index contributed by atoms with van der Waals surface area (Å²) in [6, 6.07) is 9.97. The molecule has 12 heavy (non-hydrogen) atoms. The van der Waals surface area contributed by atoms with Crippen LogP contribution < -0.4 is 0 Å². The van der Waals surface area contributed by atoms with Crippen molar-refractivity contribution in [3.63, 3.8) is 0 Å². The van der Waals surface area contributed by atoms with Crippen LogP contribution in [0.3, 0.4) is 0 Å². The first kappa shape index (κ1) is 9.68. The Morgan fingerprint density at radius 1 is 1.25 bits per heavy atom. The van der Waals surface area contributed by atoms with E-state index in [2.05, 4.69) is 0 Å². The third-order valence-corrected chi connectivity index (χ3v) is 3.16. The first-order valence-corrected chi connectivity index (χ1v) is 5.25. The van der Waals surface area contributed by atoms with Crippen LogP contribution in [-0.2, 0) is 15.9 Å². The summed E-state index contributed by atoms with van der Waals surface area (Å²) in [5.74, 6) is 0. The molecule has 0 atom stereocenters. The van der Waals surface area contributed by atoms with E-state index in [4.69, 9.17) is 0 Å². The van der Waals surface area contributed by atoms with Gasteiger partial charge in [-0.2, -0.15) is 0 Å². The molecular weight excluding hydrogens is 188 g/mol. The van der Waals surface area contributed by atoms with Gasteiger partial charge in [0.2, 0.25) is 0 Å². The zero-order chi connectivity index (χ0) is 9.03. The van der Waals surface area contributed by atoms with Crippen LogP contribution in [0.4, 0.5) is 0 Å². The van der Waals surface area contributed by atoms with E-state index < -0.39 is 0 Å². The SMILES string of the molecule is CC(C)(Sc1ccccc1)[S+]=O. The predicted molar refractivity (Wildman–Crippen MR) is 54.4 cm³/mol. The Morgan fingerprint density at radius 2 is 1.83 bits per heavy atom. The Kier molecular flexibility index (Phi) is 3.23. The zero-order valence-corrected chi connectivity index (χ0v) is 8.74. The summed E-state index contributed by atoms with van der Waals surface area (Å²) in [5, 5.41) is 0. The van der Waals surface area contributed by atoms with Gasteiger partial charge in [-0.3, -0.25) is 0 Å². The third-order valence-electron chi connectivity index (χ3n) is 1.31. The van der Waals surface area contributed by atoms with Crippen LogP contribution in [0.5, 0.6) is 0 Å². The molecule has 0 radical (unpaired) electrons. The molecule has 1 aromatic rings. The second-order valence-electron chi connectivity index (χ2n) is 2.90. The number of hydrogen-bond acceptors (Lipinski definition) is 2. The molecule has 0 heterocycles. The lowest BCUT2D eigenvalue weighted by Gasteiger charge is -2.03. The molecule has 1 rings (SSSR count). The van der Waals surface area contributed by atoms with Crippen molar-refractivity contribution in [1.82, 2.24) is 0 Å². The first-order valence-electron chi connectivity index (χ1n) is 3.69. The molecule has 0 unspecified atom stereocenters. The molecule has 64 valence electrons. The summed E-state index contributed by atoms with van der Waals surface area (Å²) in [7, 11) is 0. The highest BCUT2D eigenvalue weighted by Gasteiger charge is 2.33. The Labute approximate surface area is 81.1 Å². The Morgan fingerprint density at radius 3 is 2.33 bits per heavy atom. The fourth-order valence-electron chi connectivity index (χ4n) is 0.789. The summed E-state index contributed by atoms with van der Waals surface area (Å²) >= 11 is 2.23. The minimum Gasteiger partial charge on any atom is -0.0622 e. The molecule has 3 heteroatoms. The zero-order valence-electron chi connectivity index (χ0n) is 7.11. The van der Waals surface area contributed by atoms with E-state index in [0.29, 0.717) is 11.7 Å². The monoisotopic (exact) mass is 199 g/mol. The maximum absolute atomic E-state index is 10.7. The molecule has 0 spiro atoms. The van der Waals surface area contributed by atoms with Crippen molar-refractivity contribution in [2.24, 2.45) is 0 Å². The summed E-state index contributed by atoms with van der Waals surface area (Å²) in [5.41, 5.74) is 0. The number of hydrogen-bond donors (Lipinski definition) is 0. The van der Waals surface area contributed by atoms with E-state index >= 15 is 0 Å². The number of benzene rings is 1. The molecular formula is C9H11OS2+. The summed E-state index contributed by atoms with van der Waals surface area (Å²) in [4.78, 5) is 1.14. The summed E-state index contributed by atoms with van der Waals surface area (Å²) < 4.78 is 10.4. The van der Waals surface area contributed by atoms with Crippen molar-refractivity contribution in [3.05, 3.63) is 30.3 Å². The number of rotatable bonds is 3. The smallest absolute Gasteiger partial charge is 0.0622 e. The minimum atomic E-state index is -0.276. The van der Waals surface area contributed by atoms with Gasteiger partial charge >= 0.3 is 11.7 Å². The molecule has 0 fully saturated rings. The quantitative estimate of drug-likeness (QED) is 0.423. The van der Waals surface area contributed by atoms with Crippen molar-refractivity contribution >= 4 is 23.4 Å². The van der Waals surface area contributed by atoms with Gasteiger partial charge in [0.1, 0.15) is 0 Å². The average Bonchev–Trinajstić information content (AvgIpc) is 2.06. The van der Waals surface area contributed by atoms with Gasteiger partial charge in [-0.25, -0.2) is 0 Å². The van der Waals surface area contributed by atoms with Crippen molar-refractivity contribution in [3.8, 4) is 0 Å². The van der Waals surface area contributed by atoms with Crippen LogP contribution >= 0.6 is 11.8 Å². The fraction of sp³-hybridized carbons (Fsp3) is 0.333. The van der Waals surface area contributed by atoms with E-state index in [0.717, 1.165) is 4.90 Å². The molecule has 0 saturated carbocycles. The van der Waals surface area contributed by atoms with Gasteiger partial charge in [-0.05, 0) is 12.1 Å². The number of thioether (sulfide) groups is 1.